The average molecular weight is 789 g/mol. The van der Waals surface area contributed by atoms with Gasteiger partial charge in [0.2, 0.25) is 0 Å². The number of aromatic nitrogens is 2. The molecule has 8 aromatic carbocycles. The van der Waals surface area contributed by atoms with E-state index in [1.807, 2.05) is 18.2 Å². The standard InChI is InChI=1S/C24H16BNO3.C24H14BrNO/c27-25(28)15-9-11-23-19(13-15)20-14-16(10-12-24(20)29-23)26-21-7-3-1-5-17(21)18-6-2-4-8-22(18)26;25-15-9-11-23-19(13-15)20-14-16(10-12-24(20)27-23)26-21-7-3-1-5-17(21)18-6-2-4-8-22(18)26/h1-14,27-28H;1-14H. The molecule has 266 valence electrons. The summed E-state index contributed by atoms with van der Waals surface area (Å²) in [5.74, 6) is 0. The maximum Gasteiger partial charge on any atom is 0.488 e. The zero-order valence-corrected chi connectivity index (χ0v) is 31.3. The highest BCUT2D eigenvalue weighted by molar-refractivity contribution is 9.10. The van der Waals surface area contributed by atoms with Crippen LogP contribution in [0.4, 0.5) is 0 Å². The van der Waals surface area contributed by atoms with Gasteiger partial charge in [0.05, 0.1) is 22.1 Å². The van der Waals surface area contributed by atoms with Crippen LogP contribution in [-0.4, -0.2) is 26.3 Å². The number of nitrogens with zero attached hydrogens (tertiary/aromatic N) is 2. The van der Waals surface area contributed by atoms with Gasteiger partial charge in [-0.3, -0.25) is 0 Å². The van der Waals surface area contributed by atoms with Crippen LogP contribution in [0.25, 0.3) is 98.9 Å². The van der Waals surface area contributed by atoms with Crippen LogP contribution in [0.1, 0.15) is 0 Å². The van der Waals surface area contributed by atoms with Gasteiger partial charge in [-0.15, -0.1) is 0 Å². The Morgan fingerprint density at radius 3 is 1.16 bits per heavy atom. The molecule has 0 bridgehead atoms. The van der Waals surface area contributed by atoms with Gasteiger partial charge in [-0.1, -0.05) is 101 Å². The fraction of sp³-hybridized carbons (Fsp3) is 0. The first kappa shape index (κ1) is 32.8. The molecule has 0 amide bonds. The van der Waals surface area contributed by atoms with E-state index >= 15 is 0 Å². The predicted molar refractivity (Wildman–Crippen MR) is 234 cm³/mol. The molecule has 6 nitrogen and oxygen atoms in total. The molecule has 0 saturated heterocycles. The first-order valence-corrected chi connectivity index (χ1v) is 19.2. The van der Waals surface area contributed by atoms with Crippen molar-refractivity contribution >= 4 is 116 Å². The van der Waals surface area contributed by atoms with Crippen LogP contribution in [0.5, 0.6) is 0 Å². The van der Waals surface area contributed by atoms with Crippen LogP contribution in [0.2, 0.25) is 0 Å². The number of halogens is 1. The Morgan fingerprint density at radius 1 is 0.375 bits per heavy atom. The van der Waals surface area contributed by atoms with Gasteiger partial charge >= 0.3 is 7.12 Å². The monoisotopic (exact) mass is 788 g/mol. The Bertz CT molecular complexity index is 3390. The van der Waals surface area contributed by atoms with Crippen molar-refractivity contribution in [3.05, 3.63) is 174 Å². The van der Waals surface area contributed by atoms with Crippen molar-refractivity contribution in [3.63, 3.8) is 0 Å². The summed E-state index contributed by atoms with van der Waals surface area (Å²) in [6.45, 7) is 0. The van der Waals surface area contributed by atoms with Gasteiger partial charge in [0.15, 0.2) is 0 Å². The lowest BCUT2D eigenvalue weighted by molar-refractivity contribution is 0.426. The summed E-state index contributed by atoms with van der Waals surface area (Å²) in [6.07, 6.45) is 0. The van der Waals surface area contributed by atoms with E-state index < -0.39 is 7.12 Å². The van der Waals surface area contributed by atoms with Crippen molar-refractivity contribution in [1.82, 2.24) is 9.13 Å². The van der Waals surface area contributed by atoms with Crippen LogP contribution < -0.4 is 5.46 Å². The molecule has 0 fully saturated rings. The number of hydrogen-bond donors (Lipinski definition) is 2. The first-order valence-electron chi connectivity index (χ1n) is 18.4. The topological polar surface area (TPSA) is 76.6 Å². The first-order chi connectivity index (χ1) is 27.5. The lowest BCUT2D eigenvalue weighted by atomic mass is 9.80. The molecular formula is C48H30BBrN2O4. The summed E-state index contributed by atoms with van der Waals surface area (Å²) >= 11 is 3.58. The molecule has 4 heterocycles. The summed E-state index contributed by atoms with van der Waals surface area (Å²) in [7, 11) is -1.51. The van der Waals surface area contributed by atoms with Crippen LogP contribution >= 0.6 is 15.9 Å². The van der Waals surface area contributed by atoms with Crippen LogP contribution in [-0.2, 0) is 0 Å². The molecule has 4 aromatic heterocycles. The molecular weight excluding hydrogens is 759 g/mol. The smallest absolute Gasteiger partial charge is 0.456 e. The summed E-state index contributed by atoms with van der Waals surface area (Å²) < 4.78 is 17.6. The number of furan rings is 2. The lowest BCUT2D eigenvalue weighted by Crippen LogP contribution is -2.29. The number of fused-ring (bicyclic) bond motifs is 12. The van der Waals surface area contributed by atoms with Gasteiger partial charge < -0.3 is 28.0 Å². The van der Waals surface area contributed by atoms with Gasteiger partial charge in [-0.05, 0) is 90.4 Å². The minimum Gasteiger partial charge on any atom is -0.456 e. The molecule has 56 heavy (non-hydrogen) atoms. The molecule has 0 atom stereocenters. The average Bonchev–Trinajstić information content (AvgIpc) is 3.98. The molecule has 12 aromatic rings. The second-order valence-electron chi connectivity index (χ2n) is 14.1. The molecule has 12 rings (SSSR count). The molecule has 0 saturated carbocycles. The van der Waals surface area contributed by atoms with E-state index in [2.05, 4.69) is 159 Å². The highest BCUT2D eigenvalue weighted by atomic mass is 79.9. The van der Waals surface area contributed by atoms with Gasteiger partial charge in [-0.2, -0.15) is 0 Å². The molecule has 0 radical (unpaired) electrons. The van der Waals surface area contributed by atoms with Crippen LogP contribution in [0, 0.1) is 0 Å². The summed E-state index contributed by atoms with van der Waals surface area (Å²) in [4.78, 5) is 0. The van der Waals surface area contributed by atoms with Crippen molar-refractivity contribution in [2.24, 2.45) is 0 Å². The van der Waals surface area contributed by atoms with E-state index in [0.717, 1.165) is 70.8 Å². The van der Waals surface area contributed by atoms with Gasteiger partial charge in [0.25, 0.3) is 0 Å². The van der Waals surface area contributed by atoms with Crippen molar-refractivity contribution in [3.8, 4) is 11.4 Å². The van der Waals surface area contributed by atoms with Crippen molar-refractivity contribution < 1.29 is 18.9 Å². The Labute approximate surface area is 328 Å². The van der Waals surface area contributed by atoms with Crippen LogP contribution in [0.15, 0.2) is 183 Å². The maximum atomic E-state index is 9.56. The Hall–Kier alpha value is -6.58. The van der Waals surface area contributed by atoms with Crippen molar-refractivity contribution in [2.45, 2.75) is 0 Å². The van der Waals surface area contributed by atoms with E-state index in [1.165, 1.54) is 32.6 Å². The second kappa shape index (κ2) is 12.7. The number of hydrogen-bond acceptors (Lipinski definition) is 4. The van der Waals surface area contributed by atoms with Gasteiger partial charge in [0, 0.05) is 58.9 Å². The molecule has 8 heteroatoms. The molecule has 2 N–H and O–H groups in total. The normalized spacial score (nSPS) is 11.8. The quantitative estimate of drug-likeness (QED) is 0.175. The summed E-state index contributed by atoms with van der Waals surface area (Å²) in [5, 5.41) is 28.2. The van der Waals surface area contributed by atoms with Crippen molar-refractivity contribution in [2.75, 3.05) is 0 Å². The van der Waals surface area contributed by atoms with Gasteiger partial charge in [-0.25, -0.2) is 0 Å². The van der Waals surface area contributed by atoms with Crippen molar-refractivity contribution in [1.29, 1.82) is 0 Å². The Kier molecular flexibility index (Phi) is 7.47. The van der Waals surface area contributed by atoms with E-state index in [0.29, 0.717) is 5.46 Å². The lowest BCUT2D eigenvalue weighted by Gasteiger charge is -2.08. The third-order valence-corrected chi connectivity index (χ3v) is 11.4. The van der Waals surface area contributed by atoms with Crippen LogP contribution in [0.3, 0.4) is 0 Å². The summed E-state index contributed by atoms with van der Waals surface area (Å²) in [6, 6.07) is 57.9. The van der Waals surface area contributed by atoms with E-state index in [4.69, 9.17) is 8.83 Å². The Morgan fingerprint density at radius 2 is 0.732 bits per heavy atom. The zero-order chi connectivity index (χ0) is 37.5. The molecule has 0 aliphatic heterocycles. The largest absolute Gasteiger partial charge is 0.488 e. The zero-order valence-electron chi connectivity index (χ0n) is 29.7. The maximum absolute atomic E-state index is 9.56. The second-order valence-corrected chi connectivity index (χ2v) is 15.0. The highest BCUT2D eigenvalue weighted by Crippen LogP contribution is 2.37. The van der Waals surface area contributed by atoms with Gasteiger partial charge in [0.1, 0.15) is 22.3 Å². The van der Waals surface area contributed by atoms with E-state index in [-0.39, 0.29) is 0 Å². The molecule has 0 aliphatic rings. The minimum absolute atomic E-state index is 0.447. The molecule has 0 unspecified atom stereocenters. The third-order valence-electron chi connectivity index (χ3n) is 10.9. The molecule has 0 aliphatic carbocycles. The number of para-hydroxylation sites is 4. The van der Waals surface area contributed by atoms with E-state index in [9.17, 15) is 10.0 Å². The minimum atomic E-state index is -1.51. The third kappa shape index (κ3) is 5.11. The fourth-order valence-corrected chi connectivity index (χ4v) is 8.72. The fourth-order valence-electron chi connectivity index (χ4n) is 8.36. The highest BCUT2D eigenvalue weighted by Gasteiger charge is 2.17. The molecule has 0 spiro atoms. The van der Waals surface area contributed by atoms with E-state index in [1.54, 1.807) is 18.2 Å². The summed E-state index contributed by atoms with van der Waals surface area (Å²) in [5.41, 5.74) is 10.7. The number of rotatable bonds is 3. The SMILES string of the molecule is Brc1ccc2oc3ccc(-n4c5ccccc5c5ccccc54)cc3c2c1.OB(O)c1ccc2oc3ccc(-n4c5ccccc5c5ccccc54)cc3c2c1. The number of benzene rings is 8. The predicted octanol–water partition coefficient (Wildman–Crippen LogP) is 11.8. The Balaban J connectivity index is 0.000000130.